The molecule has 5 aromatic rings. The molecule has 156 valence electrons. The summed E-state index contributed by atoms with van der Waals surface area (Å²) in [5, 5.41) is 4.81. The van der Waals surface area contributed by atoms with Crippen LogP contribution in [0.25, 0.3) is 16.4 Å². The van der Waals surface area contributed by atoms with Crippen LogP contribution in [0.15, 0.2) is 89.2 Å². The average Bonchev–Trinajstić information content (AvgIpc) is 3.10. The van der Waals surface area contributed by atoms with E-state index in [0.29, 0.717) is 33.3 Å². The number of ketones is 1. The number of fused-ring (bicyclic) bond motifs is 2. The second-order valence-electron chi connectivity index (χ2n) is 7.34. The number of hydrogen-bond donors (Lipinski definition) is 0. The van der Waals surface area contributed by atoms with E-state index in [0.717, 1.165) is 5.52 Å². The van der Waals surface area contributed by atoms with Crippen LogP contribution in [0.4, 0.5) is 4.39 Å². The molecule has 3 aromatic heterocycles. The van der Waals surface area contributed by atoms with Gasteiger partial charge in [-0.1, -0.05) is 18.2 Å². The van der Waals surface area contributed by atoms with E-state index in [-0.39, 0.29) is 11.3 Å². The van der Waals surface area contributed by atoms with E-state index in [1.807, 2.05) is 31.2 Å². The van der Waals surface area contributed by atoms with Crippen molar-refractivity contribution in [3.05, 3.63) is 118 Å². The van der Waals surface area contributed by atoms with Gasteiger partial charge in [0.25, 0.3) is 5.56 Å². The molecule has 0 aliphatic carbocycles. The number of halogens is 1. The van der Waals surface area contributed by atoms with E-state index in [2.05, 4.69) is 10.1 Å². The van der Waals surface area contributed by atoms with Gasteiger partial charge < -0.3 is 4.40 Å². The van der Waals surface area contributed by atoms with Gasteiger partial charge >= 0.3 is 0 Å². The van der Waals surface area contributed by atoms with Gasteiger partial charge in [-0.05, 0) is 61.0 Å². The molecule has 0 aliphatic rings. The molecule has 7 heteroatoms. The molecule has 3 heterocycles. The first kappa shape index (κ1) is 19.6. The van der Waals surface area contributed by atoms with Crippen molar-refractivity contribution in [1.82, 2.24) is 14.1 Å². The van der Waals surface area contributed by atoms with Crippen LogP contribution >= 0.6 is 0 Å². The predicted octanol–water partition coefficient (Wildman–Crippen LogP) is 4.21. The van der Waals surface area contributed by atoms with Gasteiger partial charge in [-0.25, -0.2) is 9.37 Å². The van der Waals surface area contributed by atoms with Crippen LogP contribution in [0, 0.1) is 12.7 Å². The zero-order valence-electron chi connectivity index (χ0n) is 17.1. The Morgan fingerprint density at radius 2 is 1.78 bits per heavy atom. The topological polar surface area (TPSA) is 68.7 Å². The molecule has 32 heavy (non-hydrogen) atoms. The first-order valence-corrected chi connectivity index (χ1v) is 9.95. The third kappa shape index (κ3) is 3.20. The number of aromatic nitrogens is 3. The molecule has 2 aromatic carbocycles. The van der Waals surface area contributed by atoms with Crippen LogP contribution in [-0.4, -0.2) is 26.1 Å². The van der Waals surface area contributed by atoms with Gasteiger partial charge in [0.05, 0.1) is 28.3 Å². The molecule has 0 aliphatic heterocycles. The van der Waals surface area contributed by atoms with Crippen molar-refractivity contribution in [1.29, 1.82) is 0 Å². The number of carbonyl (C=O) groups is 1. The fourth-order valence-corrected chi connectivity index (χ4v) is 3.80. The van der Waals surface area contributed by atoms with Crippen LogP contribution in [0.1, 0.15) is 27.2 Å². The minimum absolute atomic E-state index is 0.229. The molecule has 0 radical (unpaired) electrons. The van der Waals surface area contributed by atoms with Crippen molar-refractivity contribution in [3.63, 3.8) is 0 Å². The lowest BCUT2D eigenvalue weighted by atomic mass is 10.0. The lowest BCUT2D eigenvalue weighted by molar-refractivity contribution is 0.103. The quantitative estimate of drug-likeness (QED) is 0.321. The molecule has 0 bridgehead atoms. The van der Waals surface area contributed by atoms with E-state index >= 15 is 0 Å². The molecule has 6 nitrogen and oxygen atoms in total. The van der Waals surface area contributed by atoms with Gasteiger partial charge in [-0.2, -0.15) is 9.78 Å². The fraction of sp³-hybridized carbons (Fsp3) is 0.0400. The zero-order valence-corrected chi connectivity index (χ0v) is 17.1. The zero-order chi connectivity index (χ0) is 22.2. The van der Waals surface area contributed by atoms with Gasteiger partial charge in [0.15, 0.2) is 0 Å². The maximum Gasteiger partial charge on any atom is 0.281 e. The Labute approximate surface area is 181 Å². The predicted molar refractivity (Wildman–Crippen MR) is 121 cm³/mol. The molecule has 0 unspecified atom stereocenters. The van der Waals surface area contributed by atoms with E-state index in [4.69, 9.17) is 0 Å². The number of para-hydroxylation sites is 1. The van der Waals surface area contributed by atoms with Gasteiger partial charge in [0.1, 0.15) is 12.1 Å². The maximum atomic E-state index is 13.3. The van der Waals surface area contributed by atoms with Crippen LogP contribution < -0.4 is 5.56 Å². The largest absolute Gasteiger partial charge is 0.313 e. The second-order valence-corrected chi connectivity index (χ2v) is 7.34. The van der Waals surface area contributed by atoms with Gasteiger partial charge in [-0.3, -0.25) is 9.59 Å². The minimum Gasteiger partial charge on any atom is -0.313 e. The number of carbonyl (C=O) groups excluding carboxylic acids is 1. The summed E-state index contributed by atoms with van der Waals surface area (Å²) < 4.78 is 16.3. The van der Waals surface area contributed by atoms with Crippen molar-refractivity contribution in [2.45, 2.75) is 6.92 Å². The molecular formula is C25H17FN4O2. The molecule has 0 spiro atoms. The van der Waals surface area contributed by atoms with Crippen molar-refractivity contribution in [2.75, 3.05) is 0 Å². The lowest BCUT2D eigenvalue weighted by Gasteiger charge is -2.04. The summed E-state index contributed by atoms with van der Waals surface area (Å²) in [6, 6.07) is 18.1. The van der Waals surface area contributed by atoms with E-state index in [9.17, 15) is 14.0 Å². The number of hydrogen-bond acceptors (Lipinski definition) is 4. The molecule has 0 atom stereocenters. The highest BCUT2D eigenvalue weighted by molar-refractivity contribution is 6.11. The van der Waals surface area contributed by atoms with E-state index < -0.39 is 5.82 Å². The fourth-order valence-electron chi connectivity index (χ4n) is 3.80. The summed E-state index contributed by atoms with van der Waals surface area (Å²) in [5.41, 5.74) is 3.33. The SMILES string of the molecule is Cc1c(/C=N/n2cnc3ccccc3c2=O)c2ccccn2c1C(=O)c1ccc(F)cc1. The third-order valence-electron chi connectivity index (χ3n) is 5.42. The Morgan fingerprint density at radius 3 is 2.59 bits per heavy atom. The average molecular weight is 424 g/mol. The Kier molecular flexibility index (Phi) is 4.71. The number of nitrogens with zero attached hydrogens (tertiary/aromatic N) is 4. The Balaban J connectivity index is 1.64. The van der Waals surface area contributed by atoms with Crippen molar-refractivity contribution < 1.29 is 9.18 Å². The first-order chi connectivity index (χ1) is 15.5. The summed E-state index contributed by atoms with van der Waals surface area (Å²) >= 11 is 0. The number of benzene rings is 2. The molecule has 0 saturated heterocycles. The van der Waals surface area contributed by atoms with Crippen molar-refractivity contribution in [3.8, 4) is 0 Å². The van der Waals surface area contributed by atoms with Gasteiger partial charge in [0.2, 0.25) is 5.78 Å². The summed E-state index contributed by atoms with van der Waals surface area (Å²) in [7, 11) is 0. The normalized spacial score (nSPS) is 11.6. The molecule has 0 amide bonds. The summed E-state index contributed by atoms with van der Waals surface area (Å²) in [6.07, 6.45) is 4.73. The second kappa shape index (κ2) is 7.70. The Bertz CT molecular complexity index is 1580. The summed E-state index contributed by atoms with van der Waals surface area (Å²) in [5.74, 6) is -0.631. The molecule has 5 rings (SSSR count). The molecule has 0 fully saturated rings. The number of rotatable bonds is 4. The highest BCUT2D eigenvalue weighted by Gasteiger charge is 2.21. The first-order valence-electron chi connectivity index (χ1n) is 9.95. The van der Waals surface area contributed by atoms with Gasteiger partial charge in [-0.15, -0.1) is 0 Å². The maximum absolute atomic E-state index is 13.3. The summed E-state index contributed by atoms with van der Waals surface area (Å²) in [6.45, 7) is 1.83. The monoisotopic (exact) mass is 424 g/mol. The van der Waals surface area contributed by atoms with Crippen LogP contribution in [-0.2, 0) is 0 Å². The van der Waals surface area contributed by atoms with E-state index in [1.165, 1.54) is 35.3 Å². The van der Waals surface area contributed by atoms with Crippen molar-refractivity contribution >= 4 is 28.4 Å². The lowest BCUT2D eigenvalue weighted by Crippen LogP contribution is -2.17. The smallest absolute Gasteiger partial charge is 0.281 e. The minimum atomic E-state index is -0.402. The van der Waals surface area contributed by atoms with Crippen molar-refractivity contribution in [2.24, 2.45) is 5.10 Å². The van der Waals surface area contributed by atoms with Crippen LogP contribution in [0.5, 0.6) is 0 Å². The highest BCUT2D eigenvalue weighted by atomic mass is 19.1. The Hall–Kier alpha value is -4.39. The standard InChI is InChI=1S/C25H17FN4O2/c1-16-20(14-28-30-15-27-21-7-3-2-6-19(21)25(30)32)22-8-4-5-13-29(22)23(16)24(31)17-9-11-18(26)12-10-17/h2-15H,1H3/b28-14+. The summed E-state index contributed by atoms with van der Waals surface area (Å²) in [4.78, 5) is 30.2. The van der Waals surface area contributed by atoms with Crippen LogP contribution in [0.3, 0.4) is 0 Å². The Morgan fingerprint density at radius 1 is 1.03 bits per heavy atom. The van der Waals surface area contributed by atoms with Gasteiger partial charge in [0, 0.05) is 17.3 Å². The molecule has 0 N–H and O–H groups in total. The highest BCUT2D eigenvalue weighted by Crippen LogP contribution is 2.24. The molecular weight excluding hydrogens is 407 g/mol. The van der Waals surface area contributed by atoms with Crippen LogP contribution in [0.2, 0.25) is 0 Å². The molecule has 0 saturated carbocycles. The van der Waals surface area contributed by atoms with E-state index in [1.54, 1.807) is 35.0 Å². The number of pyridine rings is 1. The third-order valence-corrected chi connectivity index (χ3v) is 5.42.